The fourth-order valence-electron chi connectivity index (χ4n) is 0.971. The third-order valence-electron chi connectivity index (χ3n) is 1.66. The highest BCUT2D eigenvalue weighted by Gasteiger charge is 2.27. The maximum atomic E-state index is 10.7. The first-order valence-electron chi connectivity index (χ1n) is 3.53. The molecule has 1 fully saturated rings. The highest BCUT2D eigenvalue weighted by molar-refractivity contribution is 7.99. The monoisotopic (exact) mass is 189 g/mol. The second-order valence-electron chi connectivity index (χ2n) is 2.61. The number of thioether (sulfide) groups is 1. The summed E-state index contributed by atoms with van der Waals surface area (Å²) in [7, 11) is 0. The van der Waals surface area contributed by atoms with Crippen LogP contribution in [-0.2, 0) is 9.59 Å². The van der Waals surface area contributed by atoms with Crippen LogP contribution >= 0.6 is 11.8 Å². The predicted octanol–water partition coefficient (Wildman–Crippen LogP) is -1.97. The molecule has 2 amide bonds. The summed E-state index contributed by atoms with van der Waals surface area (Å²) in [6.07, 6.45) is 0. The van der Waals surface area contributed by atoms with Crippen LogP contribution in [0, 0.1) is 0 Å². The molecule has 0 saturated carbocycles. The van der Waals surface area contributed by atoms with Gasteiger partial charge in [-0.3, -0.25) is 14.9 Å². The minimum absolute atomic E-state index is 0.429. The number of carbonyl (C=O) groups is 2. The van der Waals surface area contributed by atoms with Crippen LogP contribution in [0.1, 0.15) is 0 Å². The topological polar surface area (TPSA) is 98.2 Å². The molecule has 0 spiro atoms. The summed E-state index contributed by atoms with van der Waals surface area (Å²) in [5, 5.41) is 2.78. The summed E-state index contributed by atoms with van der Waals surface area (Å²) in [4.78, 5) is 21.4. The van der Waals surface area contributed by atoms with E-state index in [1.54, 1.807) is 0 Å². The second-order valence-corrected chi connectivity index (χ2v) is 3.69. The lowest BCUT2D eigenvalue weighted by atomic mass is 10.2. The molecule has 5 nitrogen and oxygen atoms in total. The molecular weight excluding hydrogens is 178 g/mol. The van der Waals surface area contributed by atoms with Crippen LogP contribution in [0.25, 0.3) is 0 Å². The number of amides is 2. The molecule has 0 aromatic rings. The summed E-state index contributed by atoms with van der Waals surface area (Å²) in [6, 6.07) is -0.859. The molecule has 12 heavy (non-hydrogen) atoms. The quantitative estimate of drug-likeness (QED) is 0.469. The standard InChI is InChI=1S/C6H11N3O2S/c7-5(10)3-1-12-2-4(9-3)6(8)11/h3-4,9H,1-2H2,(H2,7,10)(H2,8,11)/t3-,4+. The smallest absolute Gasteiger partial charge is 0.235 e. The first kappa shape index (κ1) is 9.34. The SMILES string of the molecule is NC(=O)[C@@H]1CSC[C@H](C(N)=O)N1. The zero-order valence-electron chi connectivity index (χ0n) is 6.45. The second kappa shape index (κ2) is 3.77. The van der Waals surface area contributed by atoms with Gasteiger partial charge in [0.05, 0.1) is 12.1 Å². The molecule has 1 heterocycles. The van der Waals surface area contributed by atoms with Crippen molar-refractivity contribution in [3.63, 3.8) is 0 Å². The van der Waals surface area contributed by atoms with E-state index in [4.69, 9.17) is 11.5 Å². The van der Waals surface area contributed by atoms with Crippen LogP contribution in [0.5, 0.6) is 0 Å². The van der Waals surface area contributed by atoms with Crippen molar-refractivity contribution in [3.05, 3.63) is 0 Å². The molecule has 68 valence electrons. The lowest BCUT2D eigenvalue weighted by Gasteiger charge is -2.26. The van der Waals surface area contributed by atoms with Gasteiger partial charge in [0.2, 0.25) is 11.8 Å². The Morgan fingerprint density at radius 3 is 1.92 bits per heavy atom. The molecule has 0 unspecified atom stereocenters. The van der Waals surface area contributed by atoms with E-state index in [0.717, 1.165) is 0 Å². The van der Waals surface area contributed by atoms with Gasteiger partial charge >= 0.3 is 0 Å². The van der Waals surface area contributed by atoms with E-state index in [9.17, 15) is 9.59 Å². The Kier molecular flexibility index (Phi) is 2.93. The van der Waals surface area contributed by atoms with Crippen molar-refractivity contribution in [1.82, 2.24) is 5.32 Å². The Morgan fingerprint density at radius 1 is 1.17 bits per heavy atom. The Hall–Kier alpha value is -0.750. The molecule has 0 aromatic heterocycles. The average Bonchev–Trinajstić information content (AvgIpc) is 2.04. The molecule has 0 bridgehead atoms. The van der Waals surface area contributed by atoms with E-state index in [1.807, 2.05) is 0 Å². The van der Waals surface area contributed by atoms with E-state index in [1.165, 1.54) is 11.8 Å². The zero-order chi connectivity index (χ0) is 9.14. The lowest BCUT2D eigenvalue weighted by molar-refractivity contribution is -0.121. The number of nitrogens with one attached hydrogen (secondary N) is 1. The van der Waals surface area contributed by atoms with Crippen molar-refractivity contribution in [2.75, 3.05) is 11.5 Å². The highest BCUT2D eigenvalue weighted by atomic mass is 32.2. The number of nitrogens with two attached hydrogens (primary N) is 2. The van der Waals surface area contributed by atoms with Crippen LogP contribution in [-0.4, -0.2) is 35.4 Å². The van der Waals surface area contributed by atoms with Gasteiger partial charge in [0.1, 0.15) is 0 Å². The van der Waals surface area contributed by atoms with Gasteiger partial charge in [0.15, 0.2) is 0 Å². The van der Waals surface area contributed by atoms with Crippen LogP contribution in [0.3, 0.4) is 0 Å². The van der Waals surface area contributed by atoms with Gasteiger partial charge in [0, 0.05) is 11.5 Å². The number of hydrogen-bond donors (Lipinski definition) is 3. The van der Waals surface area contributed by atoms with Crippen molar-refractivity contribution < 1.29 is 9.59 Å². The van der Waals surface area contributed by atoms with Gasteiger partial charge in [0.25, 0.3) is 0 Å². The first-order chi connectivity index (χ1) is 5.61. The summed E-state index contributed by atoms with van der Waals surface area (Å²) >= 11 is 1.50. The van der Waals surface area contributed by atoms with E-state index < -0.39 is 23.9 Å². The maximum Gasteiger partial charge on any atom is 0.235 e. The van der Waals surface area contributed by atoms with E-state index >= 15 is 0 Å². The molecule has 0 aliphatic carbocycles. The predicted molar refractivity (Wildman–Crippen MR) is 46.4 cm³/mol. The first-order valence-corrected chi connectivity index (χ1v) is 4.69. The van der Waals surface area contributed by atoms with Gasteiger partial charge in [-0.25, -0.2) is 0 Å². The minimum atomic E-state index is -0.437. The van der Waals surface area contributed by atoms with Gasteiger partial charge in [-0.1, -0.05) is 0 Å². The Balaban J connectivity index is 2.51. The summed E-state index contributed by atoms with van der Waals surface area (Å²) in [5.74, 6) is 0.347. The van der Waals surface area contributed by atoms with Gasteiger partial charge in [-0.2, -0.15) is 11.8 Å². The molecule has 1 aliphatic rings. The normalized spacial score (nSPS) is 29.7. The van der Waals surface area contributed by atoms with Crippen molar-refractivity contribution in [1.29, 1.82) is 0 Å². The van der Waals surface area contributed by atoms with Crippen LogP contribution in [0.4, 0.5) is 0 Å². The van der Waals surface area contributed by atoms with E-state index in [-0.39, 0.29) is 0 Å². The zero-order valence-corrected chi connectivity index (χ0v) is 7.26. The third kappa shape index (κ3) is 2.12. The Labute approximate surface area is 74.2 Å². The fourth-order valence-corrected chi connectivity index (χ4v) is 2.10. The number of primary amides is 2. The molecular formula is C6H11N3O2S. The minimum Gasteiger partial charge on any atom is -0.368 e. The number of carbonyl (C=O) groups excluding carboxylic acids is 2. The van der Waals surface area contributed by atoms with Gasteiger partial charge in [-0.15, -0.1) is 0 Å². The van der Waals surface area contributed by atoms with Gasteiger partial charge < -0.3 is 11.5 Å². The largest absolute Gasteiger partial charge is 0.368 e. The third-order valence-corrected chi connectivity index (χ3v) is 2.80. The molecule has 1 aliphatic heterocycles. The highest BCUT2D eigenvalue weighted by Crippen LogP contribution is 2.11. The van der Waals surface area contributed by atoms with Crippen molar-refractivity contribution in [2.24, 2.45) is 11.5 Å². The van der Waals surface area contributed by atoms with Crippen LogP contribution < -0.4 is 16.8 Å². The summed E-state index contributed by atoms with van der Waals surface area (Å²) in [6.45, 7) is 0. The molecule has 6 heteroatoms. The van der Waals surface area contributed by atoms with Crippen LogP contribution in [0.2, 0.25) is 0 Å². The van der Waals surface area contributed by atoms with Crippen molar-refractivity contribution >= 4 is 23.6 Å². The summed E-state index contributed by atoms with van der Waals surface area (Å²) < 4.78 is 0. The van der Waals surface area contributed by atoms with E-state index in [0.29, 0.717) is 11.5 Å². The fraction of sp³-hybridized carbons (Fsp3) is 0.667. The van der Waals surface area contributed by atoms with Crippen molar-refractivity contribution in [3.8, 4) is 0 Å². The Bertz CT molecular complexity index is 189. The molecule has 0 radical (unpaired) electrons. The maximum absolute atomic E-state index is 10.7. The van der Waals surface area contributed by atoms with E-state index in [2.05, 4.69) is 5.32 Å². The van der Waals surface area contributed by atoms with Crippen molar-refractivity contribution in [2.45, 2.75) is 12.1 Å². The Morgan fingerprint density at radius 2 is 1.58 bits per heavy atom. The average molecular weight is 189 g/mol. The van der Waals surface area contributed by atoms with Gasteiger partial charge in [-0.05, 0) is 0 Å². The number of hydrogen-bond acceptors (Lipinski definition) is 4. The molecule has 0 aromatic carbocycles. The summed E-state index contributed by atoms with van der Waals surface area (Å²) in [5.41, 5.74) is 10.1. The molecule has 1 saturated heterocycles. The molecule has 2 atom stereocenters. The molecule has 5 N–H and O–H groups in total. The van der Waals surface area contributed by atoms with Crippen LogP contribution in [0.15, 0.2) is 0 Å². The number of rotatable bonds is 2. The lowest BCUT2D eigenvalue weighted by Crippen LogP contribution is -2.56. The molecule has 1 rings (SSSR count).